The zero-order valence-corrected chi connectivity index (χ0v) is 11.8. The van der Waals surface area contributed by atoms with Crippen molar-refractivity contribution in [2.75, 3.05) is 6.54 Å². The lowest BCUT2D eigenvalue weighted by molar-refractivity contribution is 0.439. The van der Waals surface area contributed by atoms with Crippen LogP contribution >= 0.6 is 0 Å². The van der Waals surface area contributed by atoms with Gasteiger partial charge in [0.05, 0.1) is 11.7 Å². The number of aromatic nitrogens is 3. The van der Waals surface area contributed by atoms with Crippen molar-refractivity contribution in [2.45, 2.75) is 13.5 Å². The molecular formula is C16H16N4O. The second-order valence-electron chi connectivity index (χ2n) is 4.62. The number of hydrogen-bond donors (Lipinski definition) is 1. The van der Waals surface area contributed by atoms with Crippen LogP contribution in [0.4, 0.5) is 0 Å². The molecule has 21 heavy (non-hydrogen) atoms. The van der Waals surface area contributed by atoms with Crippen molar-refractivity contribution in [2.24, 2.45) is 0 Å². The zero-order chi connectivity index (χ0) is 14.5. The number of hydrogen-bond acceptors (Lipinski definition) is 5. The van der Waals surface area contributed by atoms with Gasteiger partial charge in [-0.3, -0.25) is 4.98 Å². The Bertz CT molecular complexity index is 728. The molecule has 2 aromatic heterocycles. The van der Waals surface area contributed by atoms with Gasteiger partial charge in [-0.25, -0.2) is 9.97 Å². The van der Waals surface area contributed by atoms with Crippen LogP contribution in [0.5, 0.6) is 11.8 Å². The van der Waals surface area contributed by atoms with Gasteiger partial charge in [-0.1, -0.05) is 25.1 Å². The quantitative estimate of drug-likeness (QED) is 0.778. The number of pyridine rings is 1. The second-order valence-corrected chi connectivity index (χ2v) is 4.62. The van der Waals surface area contributed by atoms with Gasteiger partial charge in [0.1, 0.15) is 5.75 Å². The minimum Gasteiger partial charge on any atom is -0.423 e. The molecule has 3 rings (SSSR count). The first-order valence-electron chi connectivity index (χ1n) is 6.89. The van der Waals surface area contributed by atoms with Gasteiger partial charge in [0.2, 0.25) is 0 Å². The first-order chi connectivity index (χ1) is 10.3. The van der Waals surface area contributed by atoms with E-state index >= 15 is 0 Å². The van der Waals surface area contributed by atoms with Crippen LogP contribution in [0.3, 0.4) is 0 Å². The summed E-state index contributed by atoms with van der Waals surface area (Å²) in [7, 11) is 0. The Kier molecular flexibility index (Phi) is 4.02. The van der Waals surface area contributed by atoms with Crippen LogP contribution in [0.2, 0.25) is 0 Å². The number of fused-ring (bicyclic) bond motifs is 1. The minimum atomic E-state index is 0.326. The predicted octanol–water partition coefficient (Wildman–Crippen LogP) is 2.93. The average molecular weight is 280 g/mol. The molecule has 106 valence electrons. The van der Waals surface area contributed by atoms with Crippen LogP contribution in [0, 0.1) is 0 Å². The molecule has 1 N–H and O–H groups in total. The Labute approximate surface area is 123 Å². The third-order valence-corrected chi connectivity index (χ3v) is 3.04. The fourth-order valence-electron chi connectivity index (χ4n) is 1.97. The fourth-order valence-corrected chi connectivity index (χ4v) is 1.97. The lowest BCUT2D eigenvalue weighted by Gasteiger charge is -2.05. The van der Waals surface area contributed by atoms with Crippen LogP contribution in [0.1, 0.15) is 12.5 Å². The van der Waals surface area contributed by atoms with Crippen molar-refractivity contribution in [1.29, 1.82) is 0 Å². The van der Waals surface area contributed by atoms with Gasteiger partial charge >= 0.3 is 6.01 Å². The van der Waals surface area contributed by atoms with E-state index < -0.39 is 0 Å². The molecule has 0 unspecified atom stereocenters. The summed E-state index contributed by atoms with van der Waals surface area (Å²) in [5.74, 6) is 0.633. The molecule has 1 aromatic carbocycles. The molecule has 0 saturated carbocycles. The molecular weight excluding hydrogens is 264 g/mol. The van der Waals surface area contributed by atoms with Crippen molar-refractivity contribution in [1.82, 2.24) is 20.3 Å². The van der Waals surface area contributed by atoms with Gasteiger partial charge in [-0.15, -0.1) is 0 Å². The summed E-state index contributed by atoms with van der Waals surface area (Å²) in [4.78, 5) is 12.8. The Balaban J connectivity index is 1.75. The molecule has 5 heteroatoms. The third-order valence-electron chi connectivity index (χ3n) is 3.04. The normalized spacial score (nSPS) is 10.7. The van der Waals surface area contributed by atoms with Crippen molar-refractivity contribution >= 4 is 10.9 Å². The third kappa shape index (κ3) is 3.32. The first kappa shape index (κ1) is 13.5. The molecule has 0 aliphatic carbocycles. The minimum absolute atomic E-state index is 0.326. The van der Waals surface area contributed by atoms with Gasteiger partial charge in [-0.05, 0) is 18.7 Å². The Morgan fingerprint density at radius 2 is 1.86 bits per heavy atom. The van der Waals surface area contributed by atoms with Gasteiger partial charge in [0.25, 0.3) is 0 Å². The van der Waals surface area contributed by atoms with Crippen LogP contribution in [-0.4, -0.2) is 21.5 Å². The summed E-state index contributed by atoms with van der Waals surface area (Å²) in [6.45, 7) is 3.74. The number of nitrogens with one attached hydrogen (secondary N) is 1. The first-order valence-corrected chi connectivity index (χ1v) is 6.89. The maximum Gasteiger partial charge on any atom is 0.321 e. The molecule has 0 saturated heterocycles. The highest BCUT2D eigenvalue weighted by molar-refractivity contribution is 5.79. The van der Waals surface area contributed by atoms with Crippen LogP contribution < -0.4 is 10.1 Å². The molecule has 2 heterocycles. The fraction of sp³-hybridized carbons (Fsp3) is 0.188. The summed E-state index contributed by atoms with van der Waals surface area (Å²) in [6, 6.07) is 10.1. The van der Waals surface area contributed by atoms with Gasteiger partial charge in [0, 0.05) is 29.9 Å². The van der Waals surface area contributed by atoms with E-state index in [2.05, 4.69) is 27.2 Å². The molecule has 0 amide bonds. The number of nitrogens with zero attached hydrogens (tertiary/aromatic N) is 3. The van der Waals surface area contributed by atoms with Gasteiger partial charge in [-0.2, -0.15) is 0 Å². The molecule has 0 aliphatic heterocycles. The van der Waals surface area contributed by atoms with Crippen LogP contribution in [0.15, 0.2) is 48.9 Å². The molecule has 0 aliphatic rings. The van der Waals surface area contributed by atoms with E-state index in [4.69, 9.17) is 4.74 Å². The lowest BCUT2D eigenvalue weighted by atomic mass is 10.2. The molecule has 0 atom stereocenters. The van der Waals surface area contributed by atoms with Crippen LogP contribution in [0.25, 0.3) is 10.9 Å². The Morgan fingerprint density at radius 3 is 2.67 bits per heavy atom. The summed E-state index contributed by atoms with van der Waals surface area (Å²) < 4.78 is 5.64. The Morgan fingerprint density at radius 1 is 1.05 bits per heavy atom. The zero-order valence-electron chi connectivity index (χ0n) is 11.8. The van der Waals surface area contributed by atoms with Crippen molar-refractivity contribution in [3.8, 4) is 11.8 Å². The smallest absolute Gasteiger partial charge is 0.321 e. The van der Waals surface area contributed by atoms with Crippen molar-refractivity contribution in [3.05, 3.63) is 54.5 Å². The number of rotatable bonds is 5. The molecule has 0 spiro atoms. The van der Waals surface area contributed by atoms with E-state index in [1.165, 1.54) is 0 Å². The monoisotopic (exact) mass is 280 g/mol. The van der Waals surface area contributed by atoms with E-state index in [-0.39, 0.29) is 0 Å². The van der Waals surface area contributed by atoms with E-state index in [1.807, 2.05) is 30.3 Å². The van der Waals surface area contributed by atoms with Crippen molar-refractivity contribution < 1.29 is 4.74 Å². The van der Waals surface area contributed by atoms with E-state index in [1.54, 1.807) is 18.6 Å². The maximum absolute atomic E-state index is 5.64. The maximum atomic E-state index is 5.64. The summed E-state index contributed by atoms with van der Waals surface area (Å²) in [6.07, 6.45) is 5.21. The topological polar surface area (TPSA) is 59.9 Å². The largest absolute Gasteiger partial charge is 0.423 e. The highest BCUT2D eigenvalue weighted by atomic mass is 16.5. The average Bonchev–Trinajstić information content (AvgIpc) is 2.54. The van der Waals surface area contributed by atoms with Crippen molar-refractivity contribution in [3.63, 3.8) is 0 Å². The molecule has 0 radical (unpaired) electrons. The van der Waals surface area contributed by atoms with Gasteiger partial charge in [0.15, 0.2) is 0 Å². The molecule has 0 bridgehead atoms. The van der Waals surface area contributed by atoms with Gasteiger partial charge < -0.3 is 10.1 Å². The summed E-state index contributed by atoms with van der Waals surface area (Å²) >= 11 is 0. The number of ether oxygens (including phenoxy) is 1. The lowest BCUT2D eigenvalue weighted by Crippen LogP contribution is -2.12. The van der Waals surface area contributed by atoms with E-state index in [0.29, 0.717) is 11.8 Å². The van der Waals surface area contributed by atoms with E-state index in [0.717, 1.165) is 29.6 Å². The molecule has 3 aromatic rings. The number of benzene rings is 1. The standard InChI is InChI=1S/C16H16N4O/c1-2-17-8-12-9-19-16(20-10-12)21-14-7-13-5-3-4-6-15(13)18-11-14/h3-7,9-11,17H,2,8H2,1H3. The Hall–Kier alpha value is -2.53. The predicted molar refractivity (Wildman–Crippen MR) is 81.2 cm³/mol. The molecule has 0 fully saturated rings. The second kappa shape index (κ2) is 6.28. The highest BCUT2D eigenvalue weighted by Gasteiger charge is 2.03. The highest BCUT2D eigenvalue weighted by Crippen LogP contribution is 2.21. The summed E-state index contributed by atoms with van der Waals surface area (Å²) in [5, 5.41) is 4.25. The molecule has 5 nitrogen and oxygen atoms in total. The van der Waals surface area contributed by atoms with Crippen LogP contribution in [-0.2, 0) is 6.54 Å². The number of para-hydroxylation sites is 1. The van der Waals surface area contributed by atoms with E-state index in [9.17, 15) is 0 Å². The summed E-state index contributed by atoms with van der Waals surface area (Å²) in [5.41, 5.74) is 1.97. The SMILES string of the molecule is CCNCc1cnc(Oc2cnc3ccccc3c2)nc1.